The lowest BCUT2D eigenvalue weighted by Crippen LogP contribution is -2.17. The van der Waals surface area contributed by atoms with Gasteiger partial charge in [0.25, 0.3) is 11.5 Å². The molecule has 0 unspecified atom stereocenters. The summed E-state index contributed by atoms with van der Waals surface area (Å²) in [6.45, 7) is 6.71. The fourth-order valence-corrected chi connectivity index (χ4v) is 1.38. The predicted octanol–water partition coefficient (Wildman–Crippen LogP) is 1.26. The van der Waals surface area contributed by atoms with Gasteiger partial charge >= 0.3 is 5.97 Å². The zero-order valence-corrected chi connectivity index (χ0v) is 9.56. The van der Waals surface area contributed by atoms with Crippen LogP contribution in [0, 0.1) is 10.1 Å². The van der Waals surface area contributed by atoms with E-state index >= 15 is 0 Å². The number of ether oxygens (including phenoxy) is 1. The Bertz CT molecular complexity index is 556. The van der Waals surface area contributed by atoms with E-state index in [4.69, 9.17) is 0 Å². The van der Waals surface area contributed by atoms with E-state index in [9.17, 15) is 19.7 Å². The van der Waals surface area contributed by atoms with Gasteiger partial charge in [0.1, 0.15) is 0 Å². The Morgan fingerprint density at radius 2 is 2.17 bits per heavy atom. The number of esters is 1. The number of Topliss-reactive ketones (excluding diaryl/α,β-unsaturated/α-hetero) is 1. The molecular weight excluding hydrogens is 240 g/mol. The molecule has 0 radical (unpaired) electrons. The molecule has 1 aromatic rings. The first-order valence-electron chi connectivity index (χ1n) is 4.74. The fourth-order valence-electron chi connectivity index (χ4n) is 1.38. The van der Waals surface area contributed by atoms with Gasteiger partial charge in [-0.05, 0) is 12.7 Å². The van der Waals surface area contributed by atoms with Crippen molar-refractivity contribution in [3.63, 3.8) is 0 Å². The first kappa shape index (κ1) is 13.4. The number of nitrogens with one attached hydrogen (secondary N) is 1. The predicted molar refractivity (Wildman–Crippen MR) is 63.3 cm³/mol. The Morgan fingerprint density at radius 3 is 2.61 bits per heavy atom. The minimum Gasteiger partial charge on any atom is -0.463 e. The Kier molecular flexibility index (Phi) is 3.78. The van der Waals surface area contributed by atoms with E-state index in [-0.39, 0.29) is 16.8 Å². The maximum absolute atomic E-state index is 11.7. The number of aromatic nitrogens is 1. The average Bonchev–Trinajstić information content (AvgIpc) is 2.79. The number of hydrogen-bond donors (Lipinski definition) is 1. The third-order valence-electron chi connectivity index (χ3n) is 2.24. The molecule has 18 heavy (non-hydrogen) atoms. The van der Waals surface area contributed by atoms with Gasteiger partial charge in [-0.15, -0.1) is 0 Å². The molecule has 94 valence electrons. The van der Waals surface area contributed by atoms with Crippen molar-refractivity contribution in [1.82, 2.24) is 4.98 Å². The number of methoxy groups -OCH3 is 1. The van der Waals surface area contributed by atoms with Crippen molar-refractivity contribution < 1.29 is 19.2 Å². The van der Waals surface area contributed by atoms with E-state index in [1.807, 2.05) is 0 Å². The third-order valence-corrected chi connectivity index (χ3v) is 2.24. The van der Waals surface area contributed by atoms with Crippen LogP contribution in [-0.4, -0.2) is 28.8 Å². The largest absolute Gasteiger partial charge is 0.463 e. The average molecular weight is 250 g/mol. The summed E-state index contributed by atoms with van der Waals surface area (Å²) in [5, 5.41) is 10.7. The van der Waals surface area contributed by atoms with Crippen LogP contribution in [0.25, 0.3) is 11.8 Å². The van der Waals surface area contributed by atoms with Gasteiger partial charge in [-0.2, -0.15) is 0 Å². The lowest BCUT2D eigenvalue weighted by molar-refractivity contribution is -0.375. The molecule has 7 nitrogen and oxygen atoms in total. The summed E-state index contributed by atoms with van der Waals surface area (Å²) in [4.78, 5) is 35.4. The summed E-state index contributed by atoms with van der Waals surface area (Å²) < 4.78 is 4.28. The quantitative estimate of drug-likeness (QED) is 0.278. The molecular formula is C11H10N2O5. The van der Waals surface area contributed by atoms with Crippen molar-refractivity contribution in [3.05, 3.63) is 46.3 Å². The number of rotatable bonds is 5. The van der Waals surface area contributed by atoms with Crippen LogP contribution < -0.4 is 0 Å². The van der Waals surface area contributed by atoms with Crippen molar-refractivity contribution in [3.8, 4) is 0 Å². The zero-order chi connectivity index (χ0) is 13.9. The number of carbonyl (C=O) groups is 2. The van der Waals surface area contributed by atoms with Gasteiger partial charge in [-0.1, -0.05) is 6.58 Å². The number of nitrogens with zero attached hydrogens (tertiary/aromatic N) is 1. The molecule has 1 heterocycles. The topological polar surface area (TPSA) is 102 Å². The summed E-state index contributed by atoms with van der Waals surface area (Å²) in [6, 6.07) is 0. The second-order valence-corrected chi connectivity index (χ2v) is 3.22. The molecule has 0 aliphatic rings. The molecule has 0 aromatic carbocycles. The van der Waals surface area contributed by atoms with Crippen molar-refractivity contribution in [2.45, 2.75) is 0 Å². The van der Waals surface area contributed by atoms with E-state index < -0.39 is 22.4 Å². The zero-order valence-electron chi connectivity index (χ0n) is 9.56. The van der Waals surface area contributed by atoms with Crippen molar-refractivity contribution >= 4 is 23.5 Å². The fraction of sp³-hybridized carbons (Fsp3) is 0.0909. The van der Waals surface area contributed by atoms with Crippen molar-refractivity contribution in [2.24, 2.45) is 0 Å². The van der Waals surface area contributed by atoms with Crippen LogP contribution in [0.2, 0.25) is 0 Å². The molecule has 7 heteroatoms. The Labute approximate surface area is 102 Å². The molecule has 1 aromatic heterocycles. The van der Waals surface area contributed by atoms with E-state index in [1.54, 1.807) is 0 Å². The second kappa shape index (κ2) is 5.09. The molecule has 0 bridgehead atoms. The lowest BCUT2D eigenvalue weighted by Gasteiger charge is -2.01. The van der Waals surface area contributed by atoms with Crippen molar-refractivity contribution in [1.29, 1.82) is 0 Å². The number of hydrogen-bond acceptors (Lipinski definition) is 5. The molecule has 0 saturated heterocycles. The molecule has 0 atom stereocenters. The first-order valence-corrected chi connectivity index (χ1v) is 4.74. The molecule has 0 aliphatic heterocycles. The smallest absolute Gasteiger partial charge is 0.379 e. The van der Waals surface area contributed by atoms with E-state index in [1.165, 1.54) is 12.3 Å². The van der Waals surface area contributed by atoms with E-state index in [0.29, 0.717) is 0 Å². The molecule has 0 aliphatic carbocycles. The molecule has 0 saturated carbocycles. The van der Waals surface area contributed by atoms with Gasteiger partial charge in [0.2, 0.25) is 0 Å². The highest BCUT2D eigenvalue weighted by molar-refractivity contribution is 6.41. The minimum absolute atomic E-state index is 0.0644. The van der Waals surface area contributed by atoms with Gasteiger partial charge in [-0.3, -0.25) is 14.9 Å². The molecule has 1 rings (SSSR count). The highest BCUT2D eigenvalue weighted by atomic mass is 16.6. The van der Waals surface area contributed by atoms with Crippen LogP contribution in [0.15, 0.2) is 19.4 Å². The summed E-state index contributed by atoms with van der Waals surface area (Å²) in [6.07, 6.45) is 2.47. The monoisotopic (exact) mass is 250 g/mol. The second-order valence-electron chi connectivity index (χ2n) is 3.22. The summed E-state index contributed by atoms with van der Waals surface area (Å²) in [7, 11) is 1.04. The summed E-state index contributed by atoms with van der Waals surface area (Å²) in [5.74, 6) is -2.10. The highest BCUT2D eigenvalue weighted by Gasteiger charge is 2.28. The maximum Gasteiger partial charge on any atom is 0.379 e. The maximum atomic E-state index is 11.7. The number of H-pyrrole nitrogens is 1. The van der Waals surface area contributed by atoms with Gasteiger partial charge in [0, 0.05) is 6.20 Å². The van der Waals surface area contributed by atoms with Crippen LogP contribution >= 0.6 is 0 Å². The Hall–Kier alpha value is -2.70. The van der Waals surface area contributed by atoms with Gasteiger partial charge in [0.05, 0.1) is 28.9 Å². The number of ketones is 1. The van der Waals surface area contributed by atoms with Crippen LogP contribution in [0.5, 0.6) is 0 Å². The highest BCUT2D eigenvalue weighted by Crippen LogP contribution is 2.24. The summed E-state index contributed by atoms with van der Waals surface area (Å²) in [5.41, 5.74) is -0.494. The molecule has 0 amide bonds. The normalized spacial score (nSPS) is 9.61. The van der Waals surface area contributed by atoms with Gasteiger partial charge < -0.3 is 9.72 Å². The first-order chi connectivity index (χ1) is 8.43. The number of nitro groups is 1. The molecule has 1 N–H and O–H groups in total. The molecule has 0 fully saturated rings. The third kappa shape index (κ3) is 2.19. The SMILES string of the molecule is C=Cc1[nH]cc(C(=O)C(=O)OC)c1C(=C)[N+](=O)[O-]. The van der Waals surface area contributed by atoms with Crippen LogP contribution in [0.3, 0.4) is 0 Å². The van der Waals surface area contributed by atoms with E-state index in [2.05, 4.69) is 22.9 Å². The lowest BCUT2D eigenvalue weighted by atomic mass is 10.0. The number of aromatic amines is 1. The van der Waals surface area contributed by atoms with Crippen LogP contribution in [-0.2, 0) is 9.53 Å². The minimum atomic E-state index is -1.11. The van der Waals surface area contributed by atoms with Crippen molar-refractivity contribution in [2.75, 3.05) is 7.11 Å². The molecule has 0 spiro atoms. The standard InChI is InChI=1S/C11H10N2O5/c1-4-8-9(6(2)13(16)17)7(5-12-8)10(14)11(15)18-3/h4-5,12H,1-2H2,3H3. The van der Waals surface area contributed by atoms with Gasteiger partial charge in [-0.25, -0.2) is 4.79 Å². The Morgan fingerprint density at radius 1 is 1.56 bits per heavy atom. The summed E-state index contributed by atoms with van der Waals surface area (Å²) >= 11 is 0. The van der Waals surface area contributed by atoms with Crippen LogP contribution in [0.1, 0.15) is 21.6 Å². The number of carbonyl (C=O) groups excluding carboxylic acids is 2. The van der Waals surface area contributed by atoms with E-state index in [0.717, 1.165) is 7.11 Å². The Balaban J connectivity index is 3.38. The van der Waals surface area contributed by atoms with Gasteiger partial charge in [0.15, 0.2) is 0 Å². The van der Waals surface area contributed by atoms with Crippen LogP contribution in [0.4, 0.5) is 0 Å².